The Balaban J connectivity index is 2.31. The van der Waals surface area contributed by atoms with Crippen molar-refractivity contribution < 1.29 is 4.74 Å². The quantitative estimate of drug-likeness (QED) is 0.881. The van der Waals surface area contributed by atoms with Gasteiger partial charge in [0.1, 0.15) is 5.75 Å². The van der Waals surface area contributed by atoms with Gasteiger partial charge >= 0.3 is 0 Å². The van der Waals surface area contributed by atoms with Crippen molar-refractivity contribution in [2.75, 3.05) is 5.73 Å². The van der Waals surface area contributed by atoms with E-state index >= 15 is 0 Å². The first-order valence-corrected chi connectivity index (χ1v) is 5.60. The van der Waals surface area contributed by atoms with Crippen molar-refractivity contribution >= 4 is 17.3 Å². The van der Waals surface area contributed by atoms with Crippen molar-refractivity contribution in [3.63, 3.8) is 0 Å². The molecule has 0 aliphatic carbocycles. The summed E-state index contributed by atoms with van der Waals surface area (Å²) in [4.78, 5) is 4.08. The number of hydrogen-bond acceptors (Lipinski definition) is 3. The highest BCUT2D eigenvalue weighted by Gasteiger charge is 2.05. The molecule has 0 saturated heterocycles. The molecular formula is C13H13ClN2O. The third kappa shape index (κ3) is 2.68. The Morgan fingerprint density at radius 3 is 2.41 bits per heavy atom. The molecular weight excluding hydrogens is 236 g/mol. The summed E-state index contributed by atoms with van der Waals surface area (Å²) in [5, 5.41) is 0.762. The summed E-state index contributed by atoms with van der Waals surface area (Å²) < 4.78 is 5.63. The predicted octanol–water partition coefficient (Wildman–Crippen LogP) is 3.73. The molecule has 0 saturated carbocycles. The summed E-state index contributed by atoms with van der Waals surface area (Å²) in [6, 6.07) is 7.14. The van der Waals surface area contributed by atoms with Gasteiger partial charge < -0.3 is 10.5 Å². The molecule has 17 heavy (non-hydrogen) atoms. The highest BCUT2D eigenvalue weighted by atomic mass is 35.5. The lowest BCUT2D eigenvalue weighted by atomic mass is 10.1. The second kappa shape index (κ2) is 4.63. The van der Waals surface area contributed by atoms with Crippen LogP contribution < -0.4 is 10.5 Å². The van der Waals surface area contributed by atoms with Gasteiger partial charge in [0.15, 0.2) is 0 Å². The summed E-state index contributed by atoms with van der Waals surface area (Å²) in [6.07, 6.45) is 1.61. The summed E-state index contributed by atoms with van der Waals surface area (Å²) in [6.45, 7) is 3.88. The lowest BCUT2D eigenvalue weighted by Crippen LogP contribution is -1.92. The summed E-state index contributed by atoms with van der Waals surface area (Å²) in [5.41, 5.74) is 8.23. The Morgan fingerprint density at radius 1 is 1.18 bits per heavy atom. The summed E-state index contributed by atoms with van der Waals surface area (Å²) in [5.74, 6) is 1.19. The second-order valence-corrected chi connectivity index (χ2v) is 4.28. The van der Waals surface area contributed by atoms with Crippen LogP contribution >= 0.6 is 11.6 Å². The van der Waals surface area contributed by atoms with E-state index in [0.29, 0.717) is 17.3 Å². The minimum atomic E-state index is 0.478. The zero-order chi connectivity index (χ0) is 12.4. The van der Waals surface area contributed by atoms with Crippen LogP contribution in [0.3, 0.4) is 0 Å². The summed E-state index contributed by atoms with van der Waals surface area (Å²) >= 11 is 6.09. The van der Waals surface area contributed by atoms with Crippen molar-refractivity contribution in [1.82, 2.24) is 4.98 Å². The number of hydrogen-bond donors (Lipinski definition) is 1. The average molecular weight is 249 g/mol. The standard InChI is InChI=1S/C13H13ClN2O/c1-8-5-11(6-9(2)13(8)14)17-12-7-10(15)3-4-16-12/h3-7H,1-2H3,(H2,15,16). The first kappa shape index (κ1) is 11.7. The maximum Gasteiger partial charge on any atom is 0.221 e. The lowest BCUT2D eigenvalue weighted by Gasteiger charge is -2.09. The van der Waals surface area contributed by atoms with Crippen LogP contribution in [0.2, 0.25) is 5.02 Å². The Labute approximate surface area is 105 Å². The first-order valence-electron chi connectivity index (χ1n) is 5.22. The molecule has 0 radical (unpaired) electrons. The SMILES string of the molecule is Cc1cc(Oc2cc(N)ccn2)cc(C)c1Cl. The Hall–Kier alpha value is -1.74. The van der Waals surface area contributed by atoms with Crippen LogP contribution in [0.5, 0.6) is 11.6 Å². The molecule has 2 N–H and O–H groups in total. The number of nitrogen functional groups attached to an aromatic ring is 1. The van der Waals surface area contributed by atoms with E-state index in [-0.39, 0.29) is 0 Å². The number of anilines is 1. The fourth-order valence-corrected chi connectivity index (χ4v) is 1.68. The highest BCUT2D eigenvalue weighted by Crippen LogP contribution is 2.28. The Kier molecular flexibility index (Phi) is 3.20. The fourth-order valence-electron chi connectivity index (χ4n) is 1.57. The highest BCUT2D eigenvalue weighted by molar-refractivity contribution is 6.32. The maximum atomic E-state index is 6.09. The van der Waals surface area contributed by atoms with Crippen LogP contribution in [0, 0.1) is 13.8 Å². The number of aryl methyl sites for hydroxylation is 2. The van der Waals surface area contributed by atoms with Gasteiger partial charge in [-0.1, -0.05) is 11.6 Å². The fraction of sp³-hybridized carbons (Fsp3) is 0.154. The van der Waals surface area contributed by atoms with Gasteiger partial charge in [-0.25, -0.2) is 4.98 Å². The molecule has 1 aromatic carbocycles. The Morgan fingerprint density at radius 2 is 1.82 bits per heavy atom. The van der Waals surface area contributed by atoms with E-state index in [2.05, 4.69) is 4.98 Å². The van der Waals surface area contributed by atoms with E-state index in [1.807, 2.05) is 26.0 Å². The molecule has 0 unspecified atom stereocenters. The summed E-state index contributed by atoms with van der Waals surface area (Å²) in [7, 11) is 0. The van der Waals surface area contributed by atoms with Crippen LogP contribution in [-0.4, -0.2) is 4.98 Å². The van der Waals surface area contributed by atoms with Crippen LogP contribution in [0.4, 0.5) is 5.69 Å². The molecule has 0 amide bonds. The van der Waals surface area contributed by atoms with Crippen molar-refractivity contribution in [3.8, 4) is 11.6 Å². The monoisotopic (exact) mass is 248 g/mol. The Bertz CT molecular complexity index is 532. The lowest BCUT2D eigenvalue weighted by molar-refractivity contribution is 0.462. The molecule has 0 aliphatic heterocycles. The number of nitrogens with zero attached hydrogens (tertiary/aromatic N) is 1. The van der Waals surface area contributed by atoms with Gasteiger partial charge in [0.05, 0.1) is 0 Å². The predicted molar refractivity (Wildman–Crippen MR) is 69.6 cm³/mol. The van der Waals surface area contributed by atoms with Crippen molar-refractivity contribution in [3.05, 3.63) is 46.6 Å². The molecule has 0 spiro atoms. The topological polar surface area (TPSA) is 48.1 Å². The number of ether oxygens (including phenoxy) is 1. The van der Waals surface area contributed by atoms with Crippen LogP contribution in [0.1, 0.15) is 11.1 Å². The number of nitrogens with two attached hydrogens (primary N) is 1. The smallest absolute Gasteiger partial charge is 0.221 e. The number of pyridine rings is 1. The zero-order valence-corrected chi connectivity index (χ0v) is 10.5. The molecule has 88 valence electrons. The minimum absolute atomic E-state index is 0.478. The van der Waals surface area contributed by atoms with Crippen LogP contribution in [0.25, 0.3) is 0 Å². The van der Waals surface area contributed by atoms with Gasteiger partial charge in [-0.3, -0.25) is 0 Å². The van der Waals surface area contributed by atoms with Crippen LogP contribution in [-0.2, 0) is 0 Å². The molecule has 1 aromatic heterocycles. The third-order valence-corrected chi connectivity index (χ3v) is 2.99. The normalized spacial score (nSPS) is 10.3. The molecule has 0 atom stereocenters. The average Bonchev–Trinajstić information content (AvgIpc) is 2.26. The van der Waals surface area contributed by atoms with E-state index in [1.54, 1.807) is 18.3 Å². The molecule has 3 nitrogen and oxygen atoms in total. The van der Waals surface area contributed by atoms with Gasteiger partial charge in [0, 0.05) is 23.0 Å². The molecule has 2 aromatic rings. The van der Waals surface area contributed by atoms with Gasteiger partial charge in [0.2, 0.25) is 5.88 Å². The van der Waals surface area contributed by atoms with Crippen molar-refractivity contribution in [1.29, 1.82) is 0 Å². The number of rotatable bonds is 2. The van der Waals surface area contributed by atoms with Gasteiger partial charge in [-0.2, -0.15) is 0 Å². The molecule has 0 fully saturated rings. The first-order chi connectivity index (χ1) is 8.06. The van der Waals surface area contributed by atoms with Gasteiger partial charge in [0.25, 0.3) is 0 Å². The molecule has 1 heterocycles. The maximum absolute atomic E-state index is 6.09. The van der Waals surface area contributed by atoms with Crippen molar-refractivity contribution in [2.45, 2.75) is 13.8 Å². The van der Waals surface area contributed by atoms with E-state index in [9.17, 15) is 0 Å². The molecule has 4 heteroatoms. The number of aromatic nitrogens is 1. The zero-order valence-electron chi connectivity index (χ0n) is 9.70. The molecule has 0 aliphatic rings. The van der Waals surface area contributed by atoms with E-state index in [0.717, 1.165) is 16.1 Å². The van der Waals surface area contributed by atoms with E-state index in [1.165, 1.54) is 0 Å². The van der Waals surface area contributed by atoms with Crippen LogP contribution in [0.15, 0.2) is 30.5 Å². The number of benzene rings is 1. The minimum Gasteiger partial charge on any atom is -0.439 e. The largest absolute Gasteiger partial charge is 0.439 e. The molecule has 0 bridgehead atoms. The third-order valence-electron chi connectivity index (χ3n) is 2.39. The second-order valence-electron chi connectivity index (χ2n) is 3.90. The van der Waals surface area contributed by atoms with Crippen molar-refractivity contribution in [2.24, 2.45) is 0 Å². The van der Waals surface area contributed by atoms with E-state index < -0.39 is 0 Å². The van der Waals surface area contributed by atoms with Gasteiger partial charge in [-0.05, 0) is 43.2 Å². The molecule has 2 rings (SSSR count). The number of halogens is 1. The van der Waals surface area contributed by atoms with Gasteiger partial charge in [-0.15, -0.1) is 0 Å². The van der Waals surface area contributed by atoms with E-state index in [4.69, 9.17) is 22.1 Å².